The van der Waals surface area contributed by atoms with Crippen LogP contribution >= 0.6 is 0 Å². The van der Waals surface area contributed by atoms with Crippen LogP contribution in [-0.4, -0.2) is 75.6 Å². The third kappa shape index (κ3) is 7.46. The molecular formula is C21H38N4O6. The molecule has 1 saturated heterocycles. The Balaban J connectivity index is 3.04. The van der Waals surface area contributed by atoms with Crippen LogP contribution in [-0.2, 0) is 19.2 Å². The van der Waals surface area contributed by atoms with E-state index in [0.717, 1.165) is 0 Å². The topological polar surface area (TPSA) is 162 Å². The summed E-state index contributed by atoms with van der Waals surface area (Å²) < 4.78 is 0. The second-order valence-corrected chi connectivity index (χ2v) is 8.86. The molecule has 1 aliphatic heterocycles. The number of rotatable bonds is 11. The molecule has 6 atom stereocenters. The number of nitrogens with one attached hydrogen (secondary N) is 2. The van der Waals surface area contributed by atoms with Crippen molar-refractivity contribution in [3.05, 3.63) is 0 Å². The first-order valence-electron chi connectivity index (χ1n) is 11.0. The number of nitrogens with two attached hydrogens (primary N) is 1. The molecule has 0 aromatic carbocycles. The van der Waals surface area contributed by atoms with Crippen LogP contribution in [0.3, 0.4) is 0 Å². The highest BCUT2D eigenvalue weighted by atomic mass is 16.4. The maximum Gasteiger partial charge on any atom is 0.326 e. The van der Waals surface area contributed by atoms with Gasteiger partial charge in [-0.05, 0) is 38.0 Å². The second kappa shape index (κ2) is 12.0. The molecule has 31 heavy (non-hydrogen) atoms. The number of amides is 3. The minimum Gasteiger partial charge on any atom is -0.480 e. The number of hydrogen-bond donors (Lipinski definition) is 5. The molecule has 0 radical (unpaired) electrons. The summed E-state index contributed by atoms with van der Waals surface area (Å²) in [5, 5.41) is 24.3. The van der Waals surface area contributed by atoms with Crippen molar-refractivity contribution < 1.29 is 29.4 Å². The molecule has 0 aliphatic carbocycles. The van der Waals surface area contributed by atoms with Crippen LogP contribution in [0.5, 0.6) is 0 Å². The van der Waals surface area contributed by atoms with Crippen LogP contribution in [0.1, 0.15) is 60.3 Å². The predicted octanol–water partition coefficient (Wildman–Crippen LogP) is -0.168. The standard InChI is InChI=1S/C21H38N4O6/c1-6-12(4)17(24-18(27)16(22)13(5)26)19(28)23-14(10-11(2)3)20(29)25-9-7-8-15(25)21(30)31/h11-17,26H,6-10,22H2,1-5H3,(H,23,28)(H,24,27)(H,30,31). The summed E-state index contributed by atoms with van der Waals surface area (Å²) in [7, 11) is 0. The van der Waals surface area contributed by atoms with Gasteiger partial charge in [-0.25, -0.2) is 4.79 Å². The van der Waals surface area contributed by atoms with E-state index in [2.05, 4.69) is 10.6 Å². The van der Waals surface area contributed by atoms with Crippen LogP contribution in [0.15, 0.2) is 0 Å². The first-order chi connectivity index (χ1) is 14.4. The van der Waals surface area contributed by atoms with Gasteiger partial charge in [0.15, 0.2) is 0 Å². The second-order valence-electron chi connectivity index (χ2n) is 8.86. The monoisotopic (exact) mass is 442 g/mol. The molecule has 1 heterocycles. The van der Waals surface area contributed by atoms with E-state index in [9.17, 15) is 29.4 Å². The van der Waals surface area contributed by atoms with Crippen molar-refractivity contribution in [2.75, 3.05) is 6.54 Å². The molecule has 0 bridgehead atoms. The van der Waals surface area contributed by atoms with Gasteiger partial charge in [0.1, 0.15) is 24.2 Å². The average Bonchev–Trinajstić information content (AvgIpc) is 3.19. The molecule has 0 aromatic rings. The molecule has 6 unspecified atom stereocenters. The van der Waals surface area contributed by atoms with Gasteiger partial charge < -0.3 is 31.5 Å². The molecule has 0 aromatic heterocycles. The molecule has 178 valence electrons. The highest BCUT2D eigenvalue weighted by Gasteiger charge is 2.39. The Hall–Kier alpha value is -2.20. The van der Waals surface area contributed by atoms with Crippen LogP contribution in [0.2, 0.25) is 0 Å². The van der Waals surface area contributed by atoms with E-state index in [-0.39, 0.29) is 11.8 Å². The minimum atomic E-state index is -1.19. The first-order valence-corrected chi connectivity index (χ1v) is 11.0. The number of carbonyl (C=O) groups is 4. The summed E-state index contributed by atoms with van der Waals surface area (Å²) in [6.45, 7) is 9.17. The lowest BCUT2D eigenvalue weighted by molar-refractivity contribution is -0.149. The van der Waals surface area contributed by atoms with Crippen molar-refractivity contribution in [3.63, 3.8) is 0 Å². The van der Waals surface area contributed by atoms with Crippen LogP contribution in [0.25, 0.3) is 0 Å². The zero-order valence-corrected chi connectivity index (χ0v) is 19.1. The normalized spacial score (nSPS) is 21.2. The Bertz CT molecular complexity index is 654. The third-order valence-corrected chi connectivity index (χ3v) is 5.76. The summed E-state index contributed by atoms with van der Waals surface area (Å²) in [6, 6.07) is -3.93. The molecule has 3 amide bonds. The van der Waals surface area contributed by atoms with Crippen molar-refractivity contribution in [1.29, 1.82) is 0 Å². The maximum absolute atomic E-state index is 13.1. The van der Waals surface area contributed by atoms with E-state index in [1.807, 2.05) is 20.8 Å². The van der Waals surface area contributed by atoms with E-state index < -0.39 is 54.0 Å². The van der Waals surface area contributed by atoms with E-state index in [1.54, 1.807) is 6.92 Å². The third-order valence-electron chi connectivity index (χ3n) is 5.76. The summed E-state index contributed by atoms with van der Waals surface area (Å²) in [5.41, 5.74) is 5.68. The van der Waals surface area contributed by atoms with Crippen molar-refractivity contribution in [3.8, 4) is 0 Å². The number of nitrogens with zero attached hydrogens (tertiary/aromatic N) is 1. The molecule has 0 saturated carbocycles. The smallest absolute Gasteiger partial charge is 0.326 e. The van der Waals surface area contributed by atoms with Crippen molar-refractivity contribution in [1.82, 2.24) is 15.5 Å². The van der Waals surface area contributed by atoms with Gasteiger partial charge in [-0.3, -0.25) is 14.4 Å². The summed E-state index contributed by atoms with van der Waals surface area (Å²) in [4.78, 5) is 51.3. The zero-order chi connectivity index (χ0) is 23.9. The van der Waals surface area contributed by atoms with Crippen LogP contribution in [0.4, 0.5) is 0 Å². The lowest BCUT2D eigenvalue weighted by Crippen LogP contribution is -2.59. The number of aliphatic hydroxyl groups excluding tert-OH is 1. The van der Waals surface area contributed by atoms with Crippen LogP contribution in [0, 0.1) is 11.8 Å². The van der Waals surface area contributed by atoms with Gasteiger partial charge in [-0.1, -0.05) is 34.1 Å². The van der Waals surface area contributed by atoms with Gasteiger partial charge in [0.25, 0.3) is 0 Å². The Morgan fingerprint density at radius 1 is 1.10 bits per heavy atom. The molecular weight excluding hydrogens is 404 g/mol. The summed E-state index contributed by atoms with van der Waals surface area (Å²) in [5.74, 6) is -2.86. The van der Waals surface area contributed by atoms with Gasteiger partial charge in [0.05, 0.1) is 6.10 Å². The van der Waals surface area contributed by atoms with Crippen molar-refractivity contribution in [2.45, 2.75) is 90.6 Å². The molecule has 0 spiro atoms. The molecule has 1 fully saturated rings. The average molecular weight is 443 g/mol. The highest BCUT2D eigenvalue weighted by Crippen LogP contribution is 2.21. The molecule has 10 heteroatoms. The highest BCUT2D eigenvalue weighted by molar-refractivity contribution is 5.94. The zero-order valence-electron chi connectivity index (χ0n) is 19.1. The number of aliphatic hydroxyl groups is 1. The number of carboxylic acids is 1. The van der Waals surface area contributed by atoms with Gasteiger partial charge in [-0.2, -0.15) is 0 Å². The van der Waals surface area contributed by atoms with Gasteiger partial charge in [-0.15, -0.1) is 0 Å². The first kappa shape index (κ1) is 26.8. The number of likely N-dealkylation sites (tertiary alicyclic amines) is 1. The molecule has 1 aliphatic rings. The summed E-state index contributed by atoms with van der Waals surface area (Å²) in [6.07, 6.45) is 0.805. The SMILES string of the molecule is CCC(C)C(NC(=O)C(N)C(C)O)C(=O)NC(CC(C)C)C(=O)N1CCCC1C(=O)O. The predicted molar refractivity (Wildman–Crippen MR) is 115 cm³/mol. The Morgan fingerprint density at radius 2 is 1.71 bits per heavy atom. The van der Waals surface area contributed by atoms with E-state index in [1.165, 1.54) is 11.8 Å². The van der Waals surface area contributed by atoms with Gasteiger partial charge >= 0.3 is 5.97 Å². The van der Waals surface area contributed by atoms with Crippen LogP contribution < -0.4 is 16.4 Å². The Labute approximate surface area is 183 Å². The minimum absolute atomic E-state index is 0.0698. The largest absolute Gasteiger partial charge is 0.480 e. The Morgan fingerprint density at radius 3 is 2.19 bits per heavy atom. The fourth-order valence-electron chi connectivity index (χ4n) is 3.61. The van der Waals surface area contributed by atoms with E-state index in [0.29, 0.717) is 32.2 Å². The number of aliphatic carboxylic acids is 1. The number of carbonyl (C=O) groups excluding carboxylic acids is 3. The lowest BCUT2D eigenvalue weighted by atomic mass is 9.96. The quantitative estimate of drug-likeness (QED) is 0.297. The number of carboxylic acid groups (broad SMARTS) is 1. The van der Waals surface area contributed by atoms with Gasteiger partial charge in [0.2, 0.25) is 17.7 Å². The maximum atomic E-state index is 13.1. The van der Waals surface area contributed by atoms with E-state index in [4.69, 9.17) is 5.73 Å². The fraction of sp³-hybridized carbons (Fsp3) is 0.810. The molecule has 10 nitrogen and oxygen atoms in total. The lowest BCUT2D eigenvalue weighted by Gasteiger charge is -2.31. The number of hydrogen-bond acceptors (Lipinski definition) is 6. The van der Waals surface area contributed by atoms with Crippen molar-refractivity contribution in [2.24, 2.45) is 17.6 Å². The fourth-order valence-corrected chi connectivity index (χ4v) is 3.61. The van der Waals surface area contributed by atoms with Crippen molar-refractivity contribution >= 4 is 23.7 Å². The Kier molecular flexibility index (Phi) is 10.4. The van der Waals surface area contributed by atoms with E-state index >= 15 is 0 Å². The molecule has 1 rings (SSSR count). The summed E-state index contributed by atoms with van der Waals surface area (Å²) >= 11 is 0. The van der Waals surface area contributed by atoms with Gasteiger partial charge in [0, 0.05) is 6.54 Å². The molecule has 6 N–H and O–H groups in total.